The monoisotopic (exact) mass is 439 g/mol. The third-order valence-electron chi connectivity index (χ3n) is 3.53. The van der Waals surface area contributed by atoms with E-state index in [4.69, 9.17) is 33.3 Å². The van der Waals surface area contributed by atoms with Gasteiger partial charge in [0.25, 0.3) is 5.91 Å². The molecule has 0 atom stereocenters. The number of thioether (sulfide) groups is 1. The maximum absolute atomic E-state index is 12.3. The first-order chi connectivity index (χ1) is 12.9. The molecule has 2 heterocycles. The Morgan fingerprint density at radius 3 is 2.78 bits per heavy atom. The van der Waals surface area contributed by atoms with Crippen LogP contribution in [0.1, 0.15) is 22.2 Å². The fourth-order valence-corrected chi connectivity index (χ4v) is 4.30. The SMILES string of the molecule is CCOc1cc(C=C2SC(=S)N(C)C2=O)cc(Cl)c1OC(=O)c1cccs1. The van der Waals surface area contributed by atoms with Gasteiger partial charge in [0.1, 0.15) is 9.20 Å². The van der Waals surface area contributed by atoms with Gasteiger partial charge in [0.05, 0.1) is 16.5 Å². The quantitative estimate of drug-likeness (QED) is 0.287. The number of thiocarbonyl (C=S) groups is 1. The Bertz CT molecular complexity index is 940. The normalized spacial score (nSPS) is 15.5. The van der Waals surface area contributed by atoms with Crippen molar-refractivity contribution in [3.63, 3.8) is 0 Å². The summed E-state index contributed by atoms with van der Waals surface area (Å²) in [6, 6.07) is 6.72. The van der Waals surface area contributed by atoms with E-state index >= 15 is 0 Å². The summed E-state index contributed by atoms with van der Waals surface area (Å²) in [6.07, 6.45) is 1.68. The molecule has 0 N–H and O–H groups in total. The predicted octanol–water partition coefficient (Wildman–Crippen LogP) is 4.85. The van der Waals surface area contributed by atoms with Crippen molar-refractivity contribution in [2.24, 2.45) is 0 Å². The Kier molecular flexibility index (Phi) is 6.21. The highest BCUT2D eigenvalue weighted by Crippen LogP contribution is 2.39. The summed E-state index contributed by atoms with van der Waals surface area (Å²) in [5.74, 6) is -0.204. The number of thiophene rings is 1. The van der Waals surface area contributed by atoms with E-state index < -0.39 is 5.97 Å². The van der Waals surface area contributed by atoms with Crippen molar-refractivity contribution in [2.75, 3.05) is 13.7 Å². The van der Waals surface area contributed by atoms with E-state index in [-0.39, 0.29) is 16.7 Å². The third kappa shape index (κ3) is 4.35. The molecule has 1 aliphatic heterocycles. The van der Waals surface area contributed by atoms with Crippen LogP contribution in [-0.4, -0.2) is 34.8 Å². The van der Waals surface area contributed by atoms with Crippen molar-refractivity contribution >= 4 is 69.2 Å². The largest absolute Gasteiger partial charge is 0.490 e. The van der Waals surface area contributed by atoms with Gasteiger partial charge in [0.2, 0.25) is 0 Å². The van der Waals surface area contributed by atoms with Crippen LogP contribution >= 0.6 is 46.9 Å². The Morgan fingerprint density at radius 1 is 1.41 bits per heavy atom. The number of ether oxygens (including phenoxy) is 2. The topological polar surface area (TPSA) is 55.8 Å². The number of amides is 1. The molecule has 3 rings (SSSR count). The zero-order valence-electron chi connectivity index (χ0n) is 14.4. The first-order valence-electron chi connectivity index (χ1n) is 7.84. The van der Waals surface area contributed by atoms with Gasteiger partial charge >= 0.3 is 5.97 Å². The number of rotatable bonds is 5. The molecule has 1 amide bonds. The fourth-order valence-electron chi connectivity index (χ4n) is 2.27. The molecule has 1 saturated heterocycles. The summed E-state index contributed by atoms with van der Waals surface area (Å²) in [5.41, 5.74) is 0.647. The number of halogens is 1. The van der Waals surface area contributed by atoms with Crippen molar-refractivity contribution in [1.29, 1.82) is 0 Å². The predicted molar refractivity (Wildman–Crippen MR) is 113 cm³/mol. The van der Waals surface area contributed by atoms with Gasteiger partial charge in [0, 0.05) is 7.05 Å². The van der Waals surface area contributed by atoms with Crippen molar-refractivity contribution < 1.29 is 19.1 Å². The van der Waals surface area contributed by atoms with Crippen LogP contribution in [0.5, 0.6) is 11.5 Å². The molecule has 9 heteroatoms. The van der Waals surface area contributed by atoms with Crippen LogP contribution in [0.4, 0.5) is 0 Å². The van der Waals surface area contributed by atoms with E-state index in [1.165, 1.54) is 28.0 Å². The fraction of sp³-hybridized carbons (Fsp3) is 0.167. The summed E-state index contributed by atoms with van der Waals surface area (Å²) in [7, 11) is 1.63. The van der Waals surface area contributed by atoms with E-state index in [9.17, 15) is 9.59 Å². The Balaban J connectivity index is 1.94. The zero-order valence-corrected chi connectivity index (χ0v) is 17.6. The van der Waals surface area contributed by atoms with Gasteiger partial charge in [-0.3, -0.25) is 9.69 Å². The lowest BCUT2D eigenvalue weighted by Crippen LogP contribution is -2.22. The second-order valence-corrected chi connectivity index (χ2v) is 8.40. The molecule has 0 unspecified atom stereocenters. The minimum absolute atomic E-state index is 0.150. The highest BCUT2D eigenvalue weighted by Gasteiger charge is 2.29. The van der Waals surface area contributed by atoms with E-state index in [1.807, 2.05) is 6.92 Å². The van der Waals surface area contributed by atoms with Crippen molar-refractivity contribution in [1.82, 2.24) is 4.90 Å². The molecular weight excluding hydrogens is 426 g/mol. The first-order valence-corrected chi connectivity index (χ1v) is 10.3. The smallest absolute Gasteiger partial charge is 0.353 e. The summed E-state index contributed by atoms with van der Waals surface area (Å²) >= 11 is 14.0. The Morgan fingerprint density at radius 2 is 2.19 bits per heavy atom. The van der Waals surface area contributed by atoms with Crippen LogP contribution in [0, 0.1) is 0 Å². The summed E-state index contributed by atoms with van der Waals surface area (Å²) in [6.45, 7) is 2.17. The summed E-state index contributed by atoms with van der Waals surface area (Å²) in [4.78, 5) is 26.8. The van der Waals surface area contributed by atoms with Crippen molar-refractivity contribution in [2.45, 2.75) is 6.92 Å². The van der Waals surface area contributed by atoms with E-state index in [0.29, 0.717) is 32.0 Å². The average molecular weight is 440 g/mol. The van der Waals surface area contributed by atoms with E-state index in [2.05, 4.69) is 0 Å². The molecule has 1 aromatic heterocycles. The molecule has 0 bridgehead atoms. The van der Waals surface area contributed by atoms with Gasteiger partial charge in [-0.25, -0.2) is 4.79 Å². The van der Waals surface area contributed by atoms with E-state index in [1.54, 1.807) is 42.8 Å². The minimum Gasteiger partial charge on any atom is -0.490 e. The maximum Gasteiger partial charge on any atom is 0.353 e. The molecule has 5 nitrogen and oxygen atoms in total. The molecule has 0 spiro atoms. The highest BCUT2D eigenvalue weighted by atomic mass is 35.5. The Labute approximate surface area is 174 Å². The zero-order chi connectivity index (χ0) is 19.6. The average Bonchev–Trinajstić information content (AvgIpc) is 3.24. The molecule has 1 fully saturated rings. The number of nitrogens with zero attached hydrogens (tertiary/aromatic N) is 1. The van der Waals surface area contributed by atoms with Crippen LogP contribution in [-0.2, 0) is 4.79 Å². The van der Waals surface area contributed by atoms with Gasteiger partial charge in [-0.1, -0.05) is 41.6 Å². The highest BCUT2D eigenvalue weighted by molar-refractivity contribution is 8.26. The van der Waals surface area contributed by atoms with Gasteiger partial charge in [0.15, 0.2) is 11.5 Å². The standard InChI is InChI=1S/C18H14ClNO4S3/c1-3-23-12-8-10(9-14-16(21)20(2)18(25)27-14)7-11(19)15(12)24-17(22)13-5-4-6-26-13/h4-9H,3H2,1-2H3. The molecule has 1 aliphatic rings. The second-order valence-electron chi connectivity index (χ2n) is 5.37. The van der Waals surface area contributed by atoms with Crippen LogP contribution in [0.15, 0.2) is 34.6 Å². The van der Waals surface area contributed by atoms with Crippen LogP contribution in [0.3, 0.4) is 0 Å². The number of esters is 1. The van der Waals surface area contributed by atoms with Crippen molar-refractivity contribution in [3.8, 4) is 11.5 Å². The van der Waals surface area contributed by atoms with Gasteiger partial charge < -0.3 is 9.47 Å². The number of hydrogen-bond donors (Lipinski definition) is 0. The number of carbonyl (C=O) groups excluding carboxylic acids is 2. The third-order valence-corrected chi connectivity index (χ3v) is 6.15. The van der Waals surface area contributed by atoms with Crippen LogP contribution in [0.25, 0.3) is 6.08 Å². The molecule has 0 radical (unpaired) electrons. The summed E-state index contributed by atoms with van der Waals surface area (Å²) in [5, 5.41) is 2.00. The molecule has 2 aromatic rings. The lowest BCUT2D eigenvalue weighted by molar-refractivity contribution is -0.121. The molecule has 0 saturated carbocycles. The molecule has 0 aliphatic carbocycles. The number of benzene rings is 1. The van der Waals surface area contributed by atoms with Crippen LogP contribution in [0.2, 0.25) is 5.02 Å². The molecular formula is C18H14ClNO4S3. The molecule has 140 valence electrons. The van der Waals surface area contributed by atoms with Crippen LogP contribution < -0.4 is 9.47 Å². The number of likely N-dealkylation sites (N-methyl/N-ethyl adjacent to an activating group) is 1. The maximum atomic E-state index is 12.3. The molecule has 1 aromatic carbocycles. The molecule has 27 heavy (non-hydrogen) atoms. The Hall–Kier alpha value is -1.87. The second kappa shape index (κ2) is 8.43. The van der Waals surface area contributed by atoms with Crippen molar-refractivity contribution in [3.05, 3.63) is 50.0 Å². The number of carbonyl (C=O) groups is 2. The van der Waals surface area contributed by atoms with E-state index in [0.717, 1.165) is 0 Å². The lowest BCUT2D eigenvalue weighted by Gasteiger charge is -2.13. The van der Waals surface area contributed by atoms with Gasteiger partial charge in [-0.2, -0.15) is 0 Å². The van der Waals surface area contributed by atoms with Gasteiger partial charge in [-0.05, 0) is 42.1 Å². The first kappa shape index (κ1) is 19.9. The number of hydrogen-bond acceptors (Lipinski definition) is 7. The van der Waals surface area contributed by atoms with Gasteiger partial charge in [-0.15, -0.1) is 11.3 Å². The summed E-state index contributed by atoms with van der Waals surface area (Å²) < 4.78 is 11.5. The lowest BCUT2D eigenvalue weighted by atomic mass is 10.1. The minimum atomic E-state index is -0.507.